The van der Waals surface area contributed by atoms with Gasteiger partial charge in [0.2, 0.25) is 0 Å². The summed E-state index contributed by atoms with van der Waals surface area (Å²) in [5.41, 5.74) is 3.25. The number of aliphatic hydroxyl groups is 1. The molecule has 5 nitrogen and oxygen atoms in total. The fourth-order valence-electron chi connectivity index (χ4n) is 4.72. The van der Waals surface area contributed by atoms with Crippen LogP contribution in [0.15, 0.2) is 48.7 Å². The number of aromatic nitrogens is 1. The second-order valence-electron chi connectivity index (χ2n) is 9.88. The van der Waals surface area contributed by atoms with E-state index in [1.165, 1.54) is 0 Å². The Kier molecular flexibility index (Phi) is 6.96. The molecule has 0 aliphatic carbocycles. The van der Waals surface area contributed by atoms with E-state index in [9.17, 15) is 18.7 Å². The summed E-state index contributed by atoms with van der Waals surface area (Å²) < 4.78 is 33.9. The minimum atomic E-state index is -2.71. The number of alkyl halides is 2. The Bertz CT molecular complexity index is 1440. The van der Waals surface area contributed by atoms with Crippen molar-refractivity contribution in [2.75, 3.05) is 6.61 Å². The lowest BCUT2D eigenvalue weighted by Crippen LogP contribution is -2.10. The number of pyridine rings is 1. The normalized spacial score (nSPS) is 12.9. The summed E-state index contributed by atoms with van der Waals surface area (Å²) in [6, 6.07) is 12.6. The van der Waals surface area contributed by atoms with Crippen LogP contribution in [0.4, 0.5) is 8.78 Å². The number of carboxylic acid groups (broad SMARTS) is 1. The summed E-state index contributed by atoms with van der Waals surface area (Å²) in [6.45, 7) is 7.39. The fourth-order valence-corrected chi connectivity index (χ4v) is 4.72. The summed E-state index contributed by atoms with van der Waals surface area (Å²) in [5, 5.41) is 20.0. The van der Waals surface area contributed by atoms with Crippen LogP contribution in [0.5, 0.6) is 5.75 Å². The van der Waals surface area contributed by atoms with Crippen LogP contribution in [0.3, 0.4) is 0 Å². The molecule has 0 bridgehead atoms. The third-order valence-corrected chi connectivity index (χ3v) is 6.03. The summed E-state index contributed by atoms with van der Waals surface area (Å²) in [7, 11) is 0. The molecule has 0 saturated heterocycles. The average molecular weight is 494 g/mol. The van der Waals surface area contributed by atoms with Gasteiger partial charge >= 0.3 is 5.97 Å². The van der Waals surface area contributed by atoms with Crippen LogP contribution in [-0.4, -0.2) is 33.4 Å². The molecule has 0 amide bonds. The standard InChI is InChI=1S/C25H19F2NO3.C4H10O/c1-13-18(12-20(29)30)23(16-5-3-2-4-15(16)21(13)25(26)27)17-6-7-19-22-14(9-11-31-19)8-10-28-24(17)22;1-4(2,3)5/h2-8,10,25H,9,11-12H2,1H3,(H,29,30);5H,1-3H3. The van der Waals surface area contributed by atoms with Crippen LogP contribution in [0.1, 0.15) is 49.5 Å². The van der Waals surface area contributed by atoms with Gasteiger partial charge in [-0.15, -0.1) is 0 Å². The molecule has 0 spiro atoms. The van der Waals surface area contributed by atoms with Gasteiger partial charge in [0, 0.05) is 29.1 Å². The average Bonchev–Trinajstić information content (AvgIpc) is 2.79. The van der Waals surface area contributed by atoms with Gasteiger partial charge in [-0.1, -0.05) is 24.3 Å². The van der Waals surface area contributed by atoms with Gasteiger partial charge in [-0.05, 0) is 78.9 Å². The number of fused-ring (bicyclic) bond motifs is 1. The molecular weight excluding hydrogens is 464 g/mol. The second kappa shape index (κ2) is 9.82. The van der Waals surface area contributed by atoms with Crippen molar-refractivity contribution in [3.8, 4) is 16.9 Å². The number of halogens is 2. The van der Waals surface area contributed by atoms with Gasteiger partial charge in [0.15, 0.2) is 0 Å². The molecule has 0 radical (unpaired) electrons. The molecule has 36 heavy (non-hydrogen) atoms. The Morgan fingerprint density at radius 1 is 1.11 bits per heavy atom. The lowest BCUT2D eigenvalue weighted by Gasteiger charge is -2.23. The molecule has 7 heteroatoms. The highest BCUT2D eigenvalue weighted by molar-refractivity contribution is 6.09. The largest absolute Gasteiger partial charge is 0.493 e. The van der Waals surface area contributed by atoms with E-state index < -0.39 is 18.0 Å². The van der Waals surface area contributed by atoms with Crippen molar-refractivity contribution in [3.63, 3.8) is 0 Å². The van der Waals surface area contributed by atoms with Crippen molar-refractivity contribution in [2.45, 2.75) is 52.6 Å². The molecule has 2 heterocycles. The number of hydrogen-bond acceptors (Lipinski definition) is 4. The van der Waals surface area contributed by atoms with Gasteiger partial charge in [0.25, 0.3) is 6.43 Å². The van der Waals surface area contributed by atoms with E-state index in [4.69, 9.17) is 9.84 Å². The highest BCUT2D eigenvalue weighted by Crippen LogP contribution is 2.45. The Balaban J connectivity index is 0.000000556. The van der Waals surface area contributed by atoms with E-state index in [0.717, 1.165) is 28.7 Å². The maximum atomic E-state index is 14.0. The highest BCUT2D eigenvalue weighted by Gasteiger charge is 2.26. The summed E-state index contributed by atoms with van der Waals surface area (Å²) in [5.74, 6) is -0.336. The first-order valence-corrected chi connectivity index (χ1v) is 11.8. The number of hydrogen-bond donors (Lipinski definition) is 2. The third kappa shape index (κ3) is 5.02. The zero-order chi connectivity index (χ0) is 26.2. The maximum Gasteiger partial charge on any atom is 0.307 e. The van der Waals surface area contributed by atoms with E-state index in [1.54, 1.807) is 58.2 Å². The predicted molar refractivity (Wildman–Crippen MR) is 137 cm³/mol. The number of nitrogens with zero attached hydrogens (tertiary/aromatic N) is 1. The van der Waals surface area contributed by atoms with Crippen molar-refractivity contribution in [2.24, 2.45) is 0 Å². The monoisotopic (exact) mass is 493 g/mol. The Morgan fingerprint density at radius 2 is 1.78 bits per heavy atom. The molecule has 1 aromatic heterocycles. The van der Waals surface area contributed by atoms with Gasteiger partial charge < -0.3 is 14.9 Å². The Labute approximate surface area is 208 Å². The predicted octanol–water partition coefficient (Wildman–Crippen LogP) is 6.64. The van der Waals surface area contributed by atoms with Crippen LogP contribution in [0, 0.1) is 6.92 Å². The molecule has 4 aromatic rings. The maximum absolute atomic E-state index is 14.0. The molecule has 0 fully saturated rings. The molecule has 5 rings (SSSR count). The number of benzene rings is 3. The number of carboxylic acids is 1. The zero-order valence-electron chi connectivity index (χ0n) is 20.7. The van der Waals surface area contributed by atoms with Crippen LogP contribution in [0.2, 0.25) is 0 Å². The van der Waals surface area contributed by atoms with Crippen molar-refractivity contribution >= 4 is 27.6 Å². The van der Waals surface area contributed by atoms with Gasteiger partial charge in [-0.25, -0.2) is 8.78 Å². The summed E-state index contributed by atoms with van der Waals surface area (Å²) >= 11 is 0. The van der Waals surface area contributed by atoms with Crippen molar-refractivity contribution in [1.82, 2.24) is 4.98 Å². The van der Waals surface area contributed by atoms with Crippen LogP contribution in [-0.2, 0) is 17.6 Å². The quantitative estimate of drug-likeness (QED) is 0.333. The van der Waals surface area contributed by atoms with Crippen LogP contribution >= 0.6 is 0 Å². The molecule has 188 valence electrons. The minimum Gasteiger partial charge on any atom is -0.493 e. The van der Waals surface area contributed by atoms with E-state index in [1.807, 2.05) is 18.2 Å². The Hall–Kier alpha value is -3.58. The molecule has 1 aliphatic heterocycles. The van der Waals surface area contributed by atoms with E-state index >= 15 is 0 Å². The molecular formula is C29H29F2NO4. The number of rotatable bonds is 4. The van der Waals surface area contributed by atoms with Gasteiger partial charge in [0.05, 0.1) is 24.1 Å². The summed E-state index contributed by atoms with van der Waals surface area (Å²) in [4.78, 5) is 16.3. The topological polar surface area (TPSA) is 79.7 Å². The van der Waals surface area contributed by atoms with Gasteiger partial charge in [-0.2, -0.15) is 0 Å². The van der Waals surface area contributed by atoms with Crippen molar-refractivity contribution in [1.29, 1.82) is 0 Å². The highest BCUT2D eigenvalue weighted by atomic mass is 19.3. The first kappa shape index (κ1) is 25.5. The molecule has 0 atom stereocenters. The number of ether oxygens (including phenoxy) is 1. The fraction of sp³-hybridized carbons (Fsp3) is 0.310. The number of carbonyl (C=O) groups is 1. The van der Waals surface area contributed by atoms with Gasteiger partial charge in [0.1, 0.15) is 5.75 Å². The lowest BCUT2D eigenvalue weighted by atomic mass is 9.84. The molecule has 2 N–H and O–H groups in total. The van der Waals surface area contributed by atoms with E-state index in [2.05, 4.69) is 4.98 Å². The lowest BCUT2D eigenvalue weighted by molar-refractivity contribution is -0.136. The molecule has 0 unspecified atom stereocenters. The molecule has 0 saturated carbocycles. The molecule has 3 aromatic carbocycles. The second-order valence-corrected chi connectivity index (χ2v) is 9.88. The number of aliphatic carboxylic acids is 1. The van der Waals surface area contributed by atoms with E-state index in [-0.39, 0.29) is 12.0 Å². The third-order valence-electron chi connectivity index (χ3n) is 6.03. The first-order chi connectivity index (χ1) is 17.0. The first-order valence-electron chi connectivity index (χ1n) is 11.8. The summed E-state index contributed by atoms with van der Waals surface area (Å²) in [6.07, 6.45) is -0.586. The SMILES string of the molecule is CC(C)(C)O.Cc1c(CC(=O)O)c(-c2ccc3c4c(ccnc24)CCO3)c2ccccc2c1C(F)F. The van der Waals surface area contributed by atoms with Crippen molar-refractivity contribution in [3.05, 3.63) is 70.9 Å². The van der Waals surface area contributed by atoms with Crippen LogP contribution in [0.25, 0.3) is 32.8 Å². The van der Waals surface area contributed by atoms with Gasteiger partial charge in [-0.3, -0.25) is 9.78 Å². The Morgan fingerprint density at radius 3 is 2.42 bits per heavy atom. The van der Waals surface area contributed by atoms with Crippen LogP contribution < -0.4 is 4.74 Å². The van der Waals surface area contributed by atoms with Crippen molar-refractivity contribution < 1.29 is 28.5 Å². The molecule has 1 aliphatic rings. The smallest absolute Gasteiger partial charge is 0.307 e. The minimum absolute atomic E-state index is 0.116. The van der Waals surface area contributed by atoms with E-state index in [0.29, 0.717) is 39.6 Å². The zero-order valence-corrected chi connectivity index (χ0v) is 20.7.